The number of nitrogens with zero attached hydrogens (tertiary/aromatic N) is 2. The van der Waals surface area contributed by atoms with Crippen LogP contribution in [0.3, 0.4) is 0 Å². The van der Waals surface area contributed by atoms with Gasteiger partial charge < -0.3 is 10.2 Å². The average Bonchev–Trinajstić information content (AvgIpc) is 2.16. The molecule has 4 nitrogen and oxygen atoms in total. The number of rotatable bonds is 3. The van der Waals surface area contributed by atoms with Gasteiger partial charge in [0.1, 0.15) is 6.04 Å². The van der Waals surface area contributed by atoms with Crippen LogP contribution in [0.15, 0.2) is 18.3 Å². The van der Waals surface area contributed by atoms with E-state index in [1.54, 1.807) is 25.2 Å². The van der Waals surface area contributed by atoms with Crippen molar-refractivity contribution in [3.05, 3.63) is 24.0 Å². The molecule has 1 rings (SSSR count). The Hall–Kier alpha value is -1.58. The minimum Gasteiger partial charge on any atom is -0.374 e. The van der Waals surface area contributed by atoms with E-state index in [1.165, 1.54) is 0 Å². The van der Waals surface area contributed by atoms with Crippen molar-refractivity contribution < 1.29 is 4.79 Å². The molecule has 82 valence electrons. The van der Waals surface area contributed by atoms with Gasteiger partial charge in [0, 0.05) is 31.7 Å². The molecule has 0 aliphatic carbocycles. The van der Waals surface area contributed by atoms with Crippen molar-refractivity contribution in [3.63, 3.8) is 0 Å². The topological polar surface area (TPSA) is 45.2 Å². The van der Waals surface area contributed by atoms with Crippen LogP contribution in [0.1, 0.15) is 12.6 Å². The van der Waals surface area contributed by atoms with Gasteiger partial charge in [-0.15, -0.1) is 0 Å². The number of nitrogens with one attached hydrogen (secondary N) is 1. The first kappa shape index (κ1) is 11.5. The molecule has 1 N–H and O–H groups in total. The molecule has 0 aromatic carbocycles. The zero-order valence-electron chi connectivity index (χ0n) is 9.61. The number of hydrogen-bond donors (Lipinski definition) is 1. The van der Waals surface area contributed by atoms with Gasteiger partial charge in [-0.25, -0.2) is 0 Å². The van der Waals surface area contributed by atoms with Crippen LogP contribution < -0.4 is 5.32 Å². The number of pyridine rings is 1. The van der Waals surface area contributed by atoms with Crippen LogP contribution in [-0.2, 0) is 4.79 Å². The maximum absolute atomic E-state index is 11.6. The molecule has 1 heterocycles. The van der Waals surface area contributed by atoms with Crippen molar-refractivity contribution in [3.8, 4) is 0 Å². The number of amides is 1. The maximum Gasteiger partial charge on any atom is 0.244 e. The van der Waals surface area contributed by atoms with Crippen molar-refractivity contribution in [2.75, 3.05) is 19.4 Å². The zero-order chi connectivity index (χ0) is 11.4. The van der Waals surface area contributed by atoms with Crippen LogP contribution in [0.4, 0.5) is 5.69 Å². The SMILES string of the molecule is Cc1cc(N[C@@H](C)C(=O)N(C)C)ccn1. The summed E-state index contributed by atoms with van der Waals surface area (Å²) in [6.45, 7) is 3.77. The van der Waals surface area contributed by atoms with E-state index in [1.807, 2.05) is 26.0 Å². The number of likely N-dealkylation sites (N-methyl/N-ethyl adjacent to an activating group) is 1. The van der Waals surface area contributed by atoms with Gasteiger partial charge in [-0.05, 0) is 26.0 Å². The van der Waals surface area contributed by atoms with Crippen LogP contribution in [0.5, 0.6) is 0 Å². The van der Waals surface area contributed by atoms with E-state index in [0.717, 1.165) is 11.4 Å². The van der Waals surface area contributed by atoms with Gasteiger partial charge in [-0.2, -0.15) is 0 Å². The van der Waals surface area contributed by atoms with Crippen molar-refractivity contribution in [2.45, 2.75) is 19.9 Å². The van der Waals surface area contributed by atoms with Crippen molar-refractivity contribution in [1.82, 2.24) is 9.88 Å². The maximum atomic E-state index is 11.6. The molecule has 0 fully saturated rings. The number of aryl methyl sites for hydroxylation is 1. The fraction of sp³-hybridized carbons (Fsp3) is 0.455. The van der Waals surface area contributed by atoms with Crippen molar-refractivity contribution in [1.29, 1.82) is 0 Å². The second kappa shape index (κ2) is 4.77. The fourth-order valence-corrected chi connectivity index (χ4v) is 1.33. The summed E-state index contributed by atoms with van der Waals surface area (Å²) in [5, 5.41) is 3.13. The molecule has 15 heavy (non-hydrogen) atoms. The second-order valence-corrected chi connectivity index (χ2v) is 3.78. The molecule has 0 bridgehead atoms. The highest BCUT2D eigenvalue weighted by Crippen LogP contribution is 2.09. The lowest BCUT2D eigenvalue weighted by Crippen LogP contribution is -2.36. The summed E-state index contributed by atoms with van der Waals surface area (Å²) in [4.78, 5) is 17.2. The standard InChI is InChI=1S/C11H17N3O/c1-8-7-10(5-6-12-8)13-9(2)11(15)14(3)4/h5-7,9H,1-4H3,(H,12,13)/t9-/m0/s1. The Morgan fingerprint density at radius 3 is 2.73 bits per heavy atom. The van der Waals surface area contributed by atoms with E-state index in [-0.39, 0.29) is 11.9 Å². The monoisotopic (exact) mass is 207 g/mol. The minimum atomic E-state index is -0.221. The van der Waals surface area contributed by atoms with E-state index < -0.39 is 0 Å². The molecule has 0 saturated heterocycles. The third-order valence-electron chi connectivity index (χ3n) is 2.09. The molecular weight excluding hydrogens is 190 g/mol. The summed E-state index contributed by atoms with van der Waals surface area (Å²) in [5.41, 5.74) is 1.86. The van der Waals surface area contributed by atoms with Crippen LogP contribution in [0.25, 0.3) is 0 Å². The summed E-state index contributed by atoms with van der Waals surface area (Å²) in [6, 6.07) is 3.55. The number of hydrogen-bond acceptors (Lipinski definition) is 3. The van der Waals surface area contributed by atoms with E-state index in [9.17, 15) is 4.79 Å². The third-order valence-corrected chi connectivity index (χ3v) is 2.09. The summed E-state index contributed by atoms with van der Waals surface area (Å²) in [5.74, 6) is 0.0597. The van der Waals surface area contributed by atoms with E-state index in [4.69, 9.17) is 0 Å². The molecule has 0 aliphatic heterocycles. The molecule has 4 heteroatoms. The average molecular weight is 207 g/mol. The first-order chi connectivity index (χ1) is 7.00. The Morgan fingerprint density at radius 1 is 1.53 bits per heavy atom. The first-order valence-corrected chi connectivity index (χ1v) is 4.91. The molecule has 0 unspecified atom stereocenters. The molecule has 1 amide bonds. The van der Waals surface area contributed by atoms with Crippen LogP contribution in [0, 0.1) is 6.92 Å². The molecular formula is C11H17N3O. The molecule has 0 saturated carbocycles. The van der Waals surface area contributed by atoms with Gasteiger partial charge in [0.05, 0.1) is 0 Å². The van der Waals surface area contributed by atoms with Crippen molar-refractivity contribution >= 4 is 11.6 Å². The Labute approximate surface area is 90.3 Å². The van der Waals surface area contributed by atoms with Crippen LogP contribution in [0.2, 0.25) is 0 Å². The number of carbonyl (C=O) groups is 1. The lowest BCUT2D eigenvalue weighted by Gasteiger charge is -2.18. The quantitative estimate of drug-likeness (QED) is 0.812. The van der Waals surface area contributed by atoms with Gasteiger partial charge in [0.25, 0.3) is 0 Å². The largest absolute Gasteiger partial charge is 0.374 e. The molecule has 0 aliphatic rings. The second-order valence-electron chi connectivity index (χ2n) is 3.78. The Bertz CT molecular complexity index is 349. The Kier molecular flexibility index (Phi) is 3.66. The van der Waals surface area contributed by atoms with Crippen molar-refractivity contribution in [2.24, 2.45) is 0 Å². The first-order valence-electron chi connectivity index (χ1n) is 4.91. The predicted molar refractivity (Wildman–Crippen MR) is 60.8 cm³/mol. The molecule has 0 spiro atoms. The third kappa shape index (κ3) is 3.23. The fourth-order valence-electron chi connectivity index (χ4n) is 1.33. The number of aromatic nitrogens is 1. The Morgan fingerprint density at radius 2 is 2.20 bits per heavy atom. The van der Waals surface area contributed by atoms with E-state index in [2.05, 4.69) is 10.3 Å². The molecule has 0 radical (unpaired) electrons. The smallest absolute Gasteiger partial charge is 0.244 e. The van der Waals surface area contributed by atoms with E-state index >= 15 is 0 Å². The highest BCUT2D eigenvalue weighted by molar-refractivity contribution is 5.83. The van der Waals surface area contributed by atoms with Gasteiger partial charge in [-0.3, -0.25) is 9.78 Å². The van der Waals surface area contributed by atoms with Gasteiger partial charge in [0.15, 0.2) is 0 Å². The molecule has 1 aromatic heterocycles. The van der Waals surface area contributed by atoms with Gasteiger partial charge in [0.2, 0.25) is 5.91 Å². The normalized spacial score (nSPS) is 12.0. The highest BCUT2D eigenvalue weighted by atomic mass is 16.2. The van der Waals surface area contributed by atoms with Gasteiger partial charge in [-0.1, -0.05) is 0 Å². The molecule has 1 atom stereocenters. The number of carbonyl (C=O) groups excluding carboxylic acids is 1. The highest BCUT2D eigenvalue weighted by Gasteiger charge is 2.13. The zero-order valence-corrected chi connectivity index (χ0v) is 9.61. The molecule has 1 aromatic rings. The van der Waals surface area contributed by atoms with Gasteiger partial charge >= 0.3 is 0 Å². The number of anilines is 1. The lowest BCUT2D eigenvalue weighted by atomic mass is 10.2. The lowest BCUT2D eigenvalue weighted by molar-refractivity contribution is -0.129. The summed E-state index contributed by atoms with van der Waals surface area (Å²) in [7, 11) is 3.50. The van der Waals surface area contributed by atoms with E-state index in [0.29, 0.717) is 0 Å². The Balaban J connectivity index is 2.66. The summed E-state index contributed by atoms with van der Waals surface area (Å²) in [6.07, 6.45) is 1.73. The predicted octanol–water partition coefficient (Wildman–Crippen LogP) is 1.28. The summed E-state index contributed by atoms with van der Waals surface area (Å²) < 4.78 is 0. The van der Waals surface area contributed by atoms with Crippen LogP contribution in [-0.4, -0.2) is 35.9 Å². The summed E-state index contributed by atoms with van der Waals surface area (Å²) >= 11 is 0. The minimum absolute atomic E-state index is 0.0597. The van der Waals surface area contributed by atoms with Crippen LogP contribution >= 0.6 is 0 Å².